The number of H-pyrrole nitrogens is 1. The summed E-state index contributed by atoms with van der Waals surface area (Å²) in [6.07, 6.45) is 4.55. The van der Waals surface area contributed by atoms with Crippen molar-refractivity contribution in [2.75, 3.05) is 6.61 Å². The first-order valence-electron chi connectivity index (χ1n) is 7.12. The van der Waals surface area contributed by atoms with E-state index in [0.717, 1.165) is 46.9 Å². The van der Waals surface area contributed by atoms with Gasteiger partial charge in [0.05, 0.1) is 13.2 Å². The summed E-state index contributed by atoms with van der Waals surface area (Å²) in [5.74, 6) is -0.208. The number of nitrogens with zero attached hydrogens (tertiary/aromatic N) is 1. The Morgan fingerprint density at radius 2 is 2.29 bits per heavy atom. The maximum Gasteiger partial charge on any atom is 0.334 e. The number of nitrogens with one attached hydrogen (secondary N) is 1. The molecule has 0 spiro atoms. The second-order valence-electron chi connectivity index (χ2n) is 5.08. The molecule has 1 aliphatic rings. The van der Waals surface area contributed by atoms with Crippen molar-refractivity contribution in [2.45, 2.75) is 26.2 Å². The fourth-order valence-electron chi connectivity index (χ4n) is 2.91. The topological polar surface area (TPSA) is 46.5 Å². The minimum Gasteiger partial charge on any atom is -0.463 e. The maximum absolute atomic E-state index is 12.1. The van der Waals surface area contributed by atoms with Gasteiger partial charge in [-0.15, -0.1) is 0 Å². The quantitative estimate of drug-likeness (QED) is 0.676. The predicted octanol–water partition coefficient (Wildman–Crippen LogP) is 4.22. The second-order valence-corrected chi connectivity index (χ2v) is 5.08. The van der Waals surface area contributed by atoms with Gasteiger partial charge in [0.2, 0.25) is 0 Å². The van der Waals surface area contributed by atoms with E-state index in [1.54, 1.807) is 6.07 Å². The highest BCUT2D eigenvalue weighted by atomic mass is 16.5. The number of hydrogen-bond donors (Lipinski definition) is 1. The monoisotopic (exact) mass is 280 g/mol. The van der Waals surface area contributed by atoms with Crippen molar-refractivity contribution < 1.29 is 9.53 Å². The molecule has 0 atom stereocenters. The molecule has 0 saturated carbocycles. The number of carbonyl (C=O) groups is 1. The number of carbonyl (C=O) groups excluding carboxylic acids is 1. The smallest absolute Gasteiger partial charge is 0.334 e. The van der Waals surface area contributed by atoms with Crippen molar-refractivity contribution in [1.29, 1.82) is 0 Å². The van der Waals surface area contributed by atoms with E-state index in [-0.39, 0.29) is 5.97 Å². The molecule has 106 valence electrons. The third-order valence-electron chi connectivity index (χ3n) is 3.86. The number of ether oxygens (including phenoxy) is 1. The molecule has 21 heavy (non-hydrogen) atoms. The number of fused-ring (bicyclic) bond motifs is 1. The van der Waals surface area contributed by atoms with E-state index in [4.69, 9.17) is 11.3 Å². The van der Waals surface area contributed by atoms with Crippen molar-refractivity contribution in [3.05, 3.63) is 46.9 Å². The van der Waals surface area contributed by atoms with E-state index < -0.39 is 0 Å². The standard InChI is InChI=1S/C17H16N2O2/c1-3-21-17(20)13-6-4-5-12(13)15-10-19-16-8-7-11(18-2)9-14(15)16/h7-10,19H,3-6H2,1H3. The van der Waals surface area contributed by atoms with Crippen LogP contribution in [0.15, 0.2) is 30.0 Å². The molecule has 1 N–H and O–H groups in total. The fraction of sp³-hybridized carbons (Fsp3) is 0.294. The number of allylic oxidation sites excluding steroid dienone is 1. The molecule has 4 heteroatoms. The third-order valence-corrected chi connectivity index (χ3v) is 3.86. The lowest BCUT2D eigenvalue weighted by Crippen LogP contribution is -2.07. The summed E-state index contributed by atoms with van der Waals surface area (Å²) < 4.78 is 5.16. The van der Waals surface area contributed by atoms with Crippen LogP contribution in [0.25, 0.3) is 21.3 Å². The van der Waals surface area contributed by atoms with Crippen molar-refractivity contribution in [3.63, 3.8) is 0 Å². The van der Waals surface area contributed by atoms with Crippen LogP contribution in [0.2, 0.25) is 0 Å². The van der Waals surface area contributed by atoms with Crippen molar-refractivity contribution >= 4 is 28.1 Å². The predicted molar refractivity (Wildman–Crippen MR) is 82.0 cm³/mol. The van der Waals surface area contributed by atoms with Gasteiger partial charge in [-0.3, -0.25) is 0 Å². The van der Waals surface area contributed by atoms with Gasteiger partial charge in [0.1, 0.15) is 0 Å². The second kappa shape index (κ2) is 5.45. The lowest BCUT2D eigenvalue weighted by Gasteiger charge is -2.06. The number of esters is 1. The minimum atomic E-state index is -0.208. The molecule has 1 heterocycles. The van der Waals surface area contributed by atoms with Crippen molar-refractivity contribution in [2.24, 2.45) is 0 Å². The normalized spacial score (nSPS) is 14.5. The molecule has 0 saturated heterocycles. The van der Waals surface area contributed by atoms with E-state index in [1.165, 1.54) is 0 Å². The minimum absolute atomic E-state index is 0.208. The van der Waals surface area contributed by atoms with Crippen LogP contribution in [0, 0.1) is 6.57 Å². The lowest BCUT2D eigenvalue weighted by molar-refractivity contribution is -0.138. The summed E-state index contributed by atoms with van der Waals surface area (Å²) in [6, 6.07) is 5.58. The van der Waals surface area contributed by atoms with Crippen LogP contribution in [0.3, 0.4) is 0 Å². The number of aromatic amines is 1. The molecule has 4 nitrogen and oxygen atoms in total. The number of hydrogen-bond acceptors (Lipinski definition) is 2. The summed E-state index contributed by atoms with van der Waals surface area (Å²) in [5, 5.41) is 1.00. The Kier molecular flexibility index (Phi) is 3.49. The Labute approximate surface area is 123 Å². The van der Waals surface area contributed by atoms with E-state index in [0.29, 0.717) is 12.3 Å². The first-order valence-corrected chi connectivity index (χ1v) is 7.12. The molecule has 0 amide bonds. The Balaban J connectivity index is 2.13. The molecule has 2 aromatic rings. The first kappa shape index (κ1) is 13.4. The van der Waals surface area contributed by atoms with E-state index in [2.05, 4.69) is 9.83 Å². The molecular weight excluding hydrogens is 264 g/mol. The Hall–Kier alpha value is -2.54. The molecule has 3 rings (SSSR count). The largest absolute Gasteiger partial charge is 0.463 e. The Bertz CT molecular complexity index is 778. The Morgan fingerprint density at radius 3 is 3.05 bits per heavy atom. The fourth-order valence-corrected chi connectivity index (χ4v) is 2.91. The lowest BCUT2D eigenvalue weighted by atomic mass is 10.0. The Morgan fingerprint density at radius 1 is 1.43 bits per heavy atom. The molecule has 0 unspecified atom stereocenters. The number of aromatic nitrogens is 1. The van der Waals surface area contributed by atoms with Gasteiger partial charge in [-0.1, -0.05) is 6.07 Å². The average molecular weight is 280 g/mol. The van der Waals surface area contributed by atoms with Gasteiger partial charge >= 0.3 is 5.97 Å². The third kappa shape index (κ3) is 2.31. The van der Waals surface area contributed by atoms with Gasteiger partial charge in [0.25, 0.3) is 0 Å². The highest BCUT2D eigenvalue weighted by molar-refractivity contribution is 6.04. The van der Waals surface area contributed by atoms with Crippen LogP contribution < -0.4 is 0 Å². The number of rotatable bonds is 3. The zero-order valence-electron chi connectivity index (χ0n) is 11.9. The van der Waals surface area contributed by atoms with Gasteiger partial charge in [-0.25, -0.2) is 9.64 Å². The molecule has 0 bridgehead atoms. The van der Waals surface area contributed by atoms with Crippen LogP contribution in [-0.2, 0) is 9.53 Å². The maximum atomic E-state index is 12.1. The van der Waals surface area contributed by atoms with Crippen molar-refractivity contribution in [1.82, 2.24) is 4.98 Å². The molecular formula is C17H16N2O2. The van der Waals surface area contributed by atoms with E-state index in [9.17, 15) is 4.79 Å². The van der Waals surface area contributed by atoms with Gasteiger partial charge in [-0.2, -0.15) is 0 Å². The molecule has 0 radical (unpaired) electrons. The van der Waals surface area contributed by atoms with Gasteiger partial charge < -0.3 is 9.72 Å². The molecule has 1 aromatic carbocycles. The zero-order valence-corrected chi connectivity index (χ0v) is 11.9. The number of benzene rings is 1. The summed E-state index contributed by atoms with van der Waals surface area (Å²) in [5.41, 5.74) is 4.46. The van der Waals surface area contributed by atoms with Crippen molar-refractivity contribution in [3.8, 4) is 0 Å². The van der Waals surface area contributed by atoms with Crippen LogP contribution >= 0.6 is 0 Å². The summed E-state index contributed by atoms with van der Waals surface area (Å²) >= 11 is 0. The highest BCUT2D eigenvalue weighted by Gasteiger charge is 2.24. The average Bonchev–Trinajstić information content (AvgIpc) is 3.12. The zero-order chi connectivity index (χ0) is 14.8. The molecule has 0 fully saturated rings. The van der Waals surface area contributed by atoms with E-state index in [1.807, 2.05) is 25.3 Å². The summed E-state index contributed by atoms with van der Waals surface area (Å²) in [7, 11) is 0. The van der Waals surface area contributed by atoms with Gasteiger partial charge in [0.15, 0.2) is 5.69 Å². The van der Waals surface area contributed by atoms with E-state index >= 15 is 0 Å². The summed E-state index contributed by atoms with van der Waals surface area (Å²) in [4.78, 5) is 18.8. The van der Waals surface area contributed by atoms with Crippen LogP contribution in [0.5, 0.6) is 0 Å². The molecule has 1 aliphatic carbocycles. The van der Waals surface area contributed by atoms with Crippen LogP contribution in [0.4, 0.5) is 5.69 Å². The SMILES string of the molecule is [C-]#[N+]c1ccc2[nH]cc(C3=C(C(=O)OCC)CCC3)c2c1. The highest BCUT2D eigenvalue weighted by Crippen LogP contribution is 2.38. The van der Waals surface area contributed by atoms with Gasteiger partial charge in [0, 0.05) is 22.9 Å². The van der Waals surface area contributed by atoms with Crippen LogP contribution in [-0.4, -0.2) is 17.6 Å². The van der Waals surface area contributed by atoms with Crippen LogP contribution in [0.1, 0.15) is 31.7 Å². The molecule has 1 aromatic heterocycles. The molecule has 0 aliphatic heterocycles. The first-order chi connectivity index (χ1) is 10.2. The summed E-state index contributed by atoms with van der Waals surface area (Å²) in [6.45, 7) is 9.36. The van der Waals surface area contributed by atoms with Gasteiger partial charge in [-0.05, 0) is 49.3 Å².